The van der Waals surface area contributed by atoms with Gasteiger partial charge in [0.1, 0.15) is 12.1 Å². The smallest absolute Gasteiger partial charge is 0.273 e. The lowest BCUT2D eigenvalue weighted by Gasteiger charge is -2.16. The molecule has 2 amide bonds. The van der Waals surface area contributed by atoms with Crippen LogP contribution in [-0.2, 0) is 11.8 Å². The summed E-state index contributed by atoms with van der Waals surface area (Å²) in [5.74, 6) is -2.37. The third kappa shape index (κ3) is 4.64. The number of primary amides is 2. The Morgan fingerprint density at radius 1 is 1.29 bits per heavy atom. The van der Waals surface area contributed by atoms with Crippen molar-refractivity contribution in [2.75, 3.05) is 10.6 Å². The van der Waals surface area contributed by atoms with Gasteiger partial charge in [-0.2, -0.15) is 10.2 Å². The van der Waals surface area contributed by atoms with Gasteiger partial charge in [0.2, 0.25) is 18.3 Å². The highest BCUT2D eigenvalue weighted by atomic mass is 19.3. The summed E-state index contributed by atoms with van der Waals surface area (Å²) in [7, 11) is 1.77. The van der Waals surface area contributed by atoms with Gasteiger partial charge in [-0.25, -0.2) is 8.78 Å². The number of carbonyl (C=O) groups is 2. The SMILES string of the molecule is Cn1cc(C#N)c2ccc(Nc3nc(N[C@H](CC(F)F)C(N)=O)nnc3C(N)=O)cc21. The fourth-order valence-corrected chi connectivity index (χ4v) is 2.91. The van der Waals surface area contributed by atoms with Gasteiger partial charge in [-0.05, 0) is 18.2 Å². The molecule has 13 heteroatoms. The lowest BCUT2D eigenvalue weighted by atomic mass is 10.1. The Morgan fingerprint density at radius 2 is 2.03 bits per heavy atom. The molecule has 11 nitrogen and oxygen atoms in total. The lowest BCUT2D eigenvalue weighted by molar-refractivity contribution is -0.119. The second-order valence-corrected chi connectivity index (χ2v) is 6.55. The zero-order valence-electron chi connectivity index (χ0n) is 16.1. The molecule has 0 aliphatic heterocycles. The van der Waals surface area contributed by atoms with E-state index in [0.29, 0.717) is 11.3 Å². The summed E-state index contributed by atoms with van der Waals surface area (Å²) >= 11 is 0. The van der Waals surface area contributed by atoms with E-state index in [9.17, 15) is 23.6 Å². The first-order valence-corrected chi connectivity index (χ1v) is 8.84. The van der Waals surface area contributed by atoms with Gasteiger partial charge in [-0.1, -0.05) is 0 Å². The van der Waals surface area contributed by atoms with E-state index in [0.717, 1.165) is 10.9 Å². The summed E-state index contributed by atoms with van der Waals surface area (Å²) in [6.07, 6.45) is -1.98. The van der Waals surface area contributed by atoms with Crippen LogP contribution in [0, 0.1) is 11.3 Å². The Hall–Kier alpha value is -4.34. The molecule has 3 aromatic rings. The molecule has 0 radical (unpaired) electrons. The number of nitrogens with zero attached hydrogens (tertiary/aromatic N) is 5. The van der Waals surface area contributed by atoms with E-state index in [2.05, 4.69) is 31.9 Å². The van der Waals surface area contributed by atoms with Gasteiger partial charge in [0.05, 0.1) is 11.1 Å². The molecule has 1 atom stereocenters. The summed E-state index contributed by atoms with van der Waals surface area (Å²) in [6, 6.07) is 5.71. The van der Waals surface area contributed by atoms with E-state index >= 15 is 0 Å². The van der Waals surface area contributed by atoms with Crippen LogP contribution in [0.3, 0.4) is 0 Å². The summed E-state index contributed by atoms with van der Waals surface area (Å²) < 4.78 is 27.1. The number of nitrogens with two attached hydrogens (primary N) is 2. The first-order chi connectivity index (χ1) is 14.7. The van der Waals surface area contributed by atoms with Crippen LogP contribution in [0.4, 0.5) is 26.2 Å². The van der Waals surface area contributed by atoms with Crippen LogP contribution in [0.25, 0.3) is 10.9 Å². The minimum Gasteiger partial charge on any atom is -0.368 e. The van der Waals surface area contributed by atoms with Crippen LogP contribution in [0.2, 0.25) is 0 Å². The molecule has 1 aromatic carbocycles. The maximum absolute atomic E-state index is 12.7. The largest absolute Gasteiger partial charge is 0.368 e. The zero-order valence-corrected chi connectivity index (χ0v) is 16.1. The van der Waals surface area contributed by atoms with Crippen molar-refractivity contribution in [3.63, 3.8) is 0 Å². The first kappa shape index (κ1) is 21.4. The molecule has 31 heavy (non-hydrogen) atoms. The average Bonchev–Trinajstić information content (AvgIpc) is 3.02. The number of hydrogen-bond donors (Lipinski definition) is 4. The van der Waals surface area contributed by atoms with E-state index in [1.165, 1.54) is 0 Å². The fraction of sp³-hybridized carbons (Fsp3) is 0.222. The summed E-state index contributed by atoms with van der Waals surface area (Å²) in [4.78, 5) is 27.2. The number of alkyl halides is 2. The standard InChI is InChI=1S/C18H17F2N9O2/c1-29-7-8(6-21)10-3-2-9(4-12(10)29)24-17-14(16(23)31)27-28-18(26-17)25-11(15(22)30)5-13(19)20/h2-4,7,11,13H,5H2,1H3,(H2,22,30)(H2,23,31)(H2,24,25,26,28)/t11-/m1/s1. The number of nitrogens with one attached hydrogen (secondary N) is 2. The number of amides is 2. The van der Waals surface area contributed by atoms with E-state index in [4.69, 9.17) is 11.5 Å². The van der Waals surface area contributed by atoms with Crippen molar-refractivity contribution in [1.82, 2.24) is 19.7 Å². The van der Waals surface area contributed by atoms with Crippen LogP contribution in [0.1, 0.15) is 22.5 Å². The maximum Gasteiger partial charge on any atom is 0.273 e. The molecule has 0 spiro atoms. The van der Waals surface area contributed by atoms with E-state index in [1.807, 2.05) is 0 Å². The van der Waals surface area contributed by atoms with Crippen molar-refractivity contribution >= 4 is 40.2 Å². The fourth-order valence-electron chi connectivity index (χ4n) is 2.91. The molecule has 0 fully saturated rings. The number of rotatable bonds is 8. The number of aromatic nitrogens is 4. The molecular formula is C18H17F2N9O2. The van der Waals surface area contributed by atoms with Crippen molar-refractivity contribution in [3.05, 3.63) is 35.7 Å². The number of benzene rings is 1. The molecule has 0 bridgehead atoms. The second-order valence-electron chi connectivity index (χ2n) is 6.55. The zero-order chi connectivity index (χ0) is 22.7. The van der Waals surface area contributed by atoms with Gasteiger partial charge in [0, 0.05) is 30.7 Å². The summed E-state index contributed by atoms with van der Waals surface area (Å²) in [6.45, 7) is 0. The molecule has 0 unspecified atom stereocenters. The number of anilines is 3. The highest BCUT2D eigenvalue weighted by Crippen LogP contribution is 2.26. The normalized spacial score (nSPS) is 11.8. The Kier molecular flexibility index (Phi) is 5.91. The van der Waals surface area contributed by atoms with Gasteiger partial charge in [0.25, 0.3) is 5.91 Å². The monoisotopic (exact) mass is 429 g/mol. The quantitative estimate of drug-likeness (QED) is 0.409. The van der Waals surface area contributed by atoms with Crippen LogP contribution in [0.15, 0.2) is 24.4 Å². The number of halogens is 2. The van der Waals surface area contributed by atoms with Crippen LogP contribution in [-0.4, -0.2) is 44.0 Å². The van der Waals surface area contributed by atoms with E-state index in [-0.39, 0.29) is 17.5 Å². The molecule has 0 aliphatic carbocycles. The van der Waals surface area contributed by atoms with Crippen LogP contribution >= 0.6 is 0 Å². The molecule has 2 aromatic heterocycles. The van der Waals surface area contributed by atoms with Gasteiger partial charge in [0.15, 0.2) is 11.5 Å². The topological polar surface area (TPSA) is 178 Å². The van der Waals surface area contributed by atoms with Crippen molar-refractivity contribution in [1.29, 1.82) is 5.26 Å². The van der Waals surface area contributed by atoms with Gasteiger partial charge >= 0.3 is 0 Å². The minimum atomic E-state index is -2.80. The predicted octanol–water partition coefficient (Wildman–Crippen LogP) is 0.998. The highest BCUT2D eigenvalue weighted by Gasteiger charge is 2.23. The first-order valence-electron chi connectivity index (χ1n) is 8.84. The molecule has 0 aliphatic rings. The van der Waals surface area contributed by atoms with Gasteiger partial charge in [-0.15, -0.1) is 10.2 Å². The van der Waals surface area contributed by atoms with Gasteiger partial charge in [-0.3, -0.25) is 9.59 Å². The van der Waals surface area contributed by atoms with Crippen molar-refractivity contribution in [2.45, 2.75) is 18.9 Å². The predicted molar refractivity (Wildman–Crippen MR) is 106 cm³/mol. The van der Waals surface area contributed by atoms with Crippen molar-refractivity contribution in [2.24, 2.45) is 18.5 Å². The second kappa shape index (κ2) is 8.57. The third-order valence-electron chi connectivity index (χ3n) is 4.35. The highest BCUT2D eigenvalue weighted by molar-refractivity contribution is 5.97. The minimum absolute atomic E-state index is 0.112. The Morgan fingerprint density at radius 3 is 2.65 bits per heavy atom. The van der Waals surface area contributed by atoms with E-state index < -0.39 is 30.7 Å². The molecule has 160 valence electrons. The van der Waals surface area contributed by atoms with Crippen molar-refractivity contribution in [3.8, 4) is 6.07 Å². The van der Waals surface area contributed by atoms with Gasteiger partial charge < -0.3 is 26.7 Å². The maximum atomic E-state index is 12.7. The average molecular weight is 429 g/mol. The Labute approximate surface area is 174 Å². The number of hydrogen-bond acceptors (Lipinski definition) is 8. The van der Waals surface area contributed by atoms with Crippen molar-refractivity contribution < 1.29 is 18.4 Å². The molecule has 2 heterocycles. The van der Waals surface area contributed by atoms with Crippen LogP contribution in [0.5, 0.6) is 0 Å². The van der Waals surface area contributed by atoms with Crippen LogP contribution < -0.4 is 22.1 Å². The molecule has 0 saturated carbocycles. The molecule has 0 saturated heterocycles. The molecular weight excluding hydrogens is 412 g/mol. The number of aryl methyl sites for hydroxylation is 1. The van der Waals surface area contributed by atoms with E-state index in [1.54, 1.807) is 36.0 Å². The number of nitriles is 1. The third-order valence-corrected chi connectivity index (χ3v) is 4.35. The Balaban J connectivity index is 1.96. The Bertz CT molecular complexity index is 1200. The number of carbonyl (C=O) groups excluding carboxylic acids is 2. The number of fused-ring (bicyclic) bond motifs is 1. The lowest BCUT2D eigenvalue weighted by Crippen LogP contribution is -2.37. The summed E-state index contributed by atoms with van der Waals surface area (Å²) in [5, 5.41) is 22.4. The molecule has 6 N–H and O–H groups in total. The summed E-state index contributed by atoms with van der Waals surface area (Å²) in [5.41, 5.74) is 11.8. The molecule has 3 rings (SSSR count).